The molecule has 0 radical (unpaired) electrons. The van der Waals surface area contributed by atoms with E-state index in [1.807, 2.05) is 18.2 Å². The number of halogens is 1. The van der Waals surface area contributed by atoms with E-state index in [-0.39, 0.29) is 4.90 Å². The van der Waals surface area contributed by atoms with Crippen LogP contribution in [-0.4, -0.2) is 8.42 Å². The highest BCUT2D eigenvalue weighted by atomic mass is 79.9. The summed E-state index contributed by atoms with van der Waals surface area (Å²) in [6.07, 6.45) is 0.954. The Bertz CT molecular complexity index is 729. The first-order valence-electron chi connectivity index (χ1n) is 6.81. The van der Waals surface area contributed by atoms with Crippen molar-refractivity contribution in [1.29, 1.82) is 0 Å². The molecular formula is C16H18BrNO2S. The van der Waals surface area contributed by atoms with E-state index >= 15 is 0 Å². The van der Waals surface area contributed by atoms with Crippen LogP contribution in [0, 0.1) is 0 Å². The number of hydrogen-bond donors (Lipinski definition) is 1. The molecule has 0 saturated carbocycles. The molecule has 5 heteroatoms. The van der Waals surface area contributed by atoms with Crippen molar-refractivity contribution in [3.8, 4) is 0 Å². The lowest BCUT2D eigenvalue weighted by molar-refractivity contribution is 0.601. The molecule has 2 aromatic carbocycles. The van der Waals surface area contributed by atoms with E-state index in [2.05, 4.69) is 34.5 Å². The van der Waals surface area contributed by atoms with Crippen LogP contribution in [0.15, 0.2) is 57.9 Å². The maximum atomic E-state index is 12.5. The van der Waals surface area contributed by atoms with Gasteiger partial charge in [-0.25, -0.2) is 8.42 Å². The second kappa shape index (κ2) is 6.62. The van der Waals surface area contributed by atoms with Crippen LogP contribution in [0.4, 0.5) is 5.69 Å². The fourth-order valence-electron chi connectivity index (χ4n) is 2.08. The molecule has 0 aliphatic rings. The number of sulfonamides is 1. The van der Waals surface area contributed by atoms with E-state index < -0.39 is 10.0 Å². The van der Waals surface area contributed by atoms with Crippen LogP contribution in [0.2, 0.25) is 0 Å². The highest BCUT2D eigenvalue weighted by Crippen LogP contribution is 2.28. The van der Waals surface area contributed by atoms with Gasteiger partial charge in [0.1, 0.15) is 0 Å². The maximum absolute atomic E-state index is 12.5. The van der Waals surface area contributed by atoms with Gasteiger partial charge in [-0.2, -0.15) is 0 Å². The molecule has 2 aromatic rings. The first-order valence-corrected chi connectivity index (χ1v) is 9.09. The molecule has 1 atom stereocenters. The molecule has 0 amide bonds. The van der Waals surface area contributed by atoms with Gasteiger partial charge in [-0.1, -0.05) is 54.0 Å². The lowest BCUT2D eigenvalue weighted by Gasteiger charge is -2.16. The van der Waals surface area contributed by atoms with Crippen molar-refractivity contribution in [2.75, 3.05) is 4.72 Å². The number of rotatable bonds is 5. The van der Waals surface area contributed by atoms with E-state index in [1.165, 1.54) is 0 Å². The third-order valence-electron chi connectivity index (χ3n) is 3.45. The van der Waals surface area contributed by atoms with Gasteiger partial charge in [0.2, 0.25) is 0 Å². The standard InChI is InChI=1S/C16H18BrNO2S/c1-3-12(2)15-9-4-5-10-16(15)18-21(19,20)14-8-6-7-13(17)11-14/h4-12,18H,3H2,1-2H3. The zero-order valence-corrected chi connectivity index (χ0v) is 14.4. The number of para-hydroxylation sites is 1. The molecular weight excluding hydrogens is 350 g/mol. The van der Waals surface area contributed by atoms with E-state index in [4.69, 9.17) is 0 Å². The Morgan fingerprint density at radius 2 is 1.86 bits per heavy atom. The highest BCUT2D eigenvalue weighted by molar-refractivity contribution is 9.10. The molecule has 0 heterocycles. The minimum atomic E-state index is -3.58. The summed E-state index contributed by atoms with van der Waals surface area (Å²) in [5, 5.41) is 0. The molecule has 3 nitrogen and oxygen atoms in total. The van der Waals surface area contributed by atoms with Crippen LogP contribution in [0.3, 0.4) is 0 Å². The summed E-state index contributed by atoms with van der Waals surface area (Å²) in [4.78, 5) is 0.246. The smallest absolute Gasteiger partial charge is 0.261 e. The monoisotopic (exact) mass is 367 g/mol. The van der Waals surface area contributed by atoms with Crippen molar-refractivity contribution in [2.45, 2.75) is 31.1 Å². The summed E-state index contributed by atoms with van der Waals surface area (Å²) in [7, 11) is -3.58. The first kappa shape index (κ1) is 16.0. The van der Waals surface area contributed by atoms with Crippen molar-refractivity contribution in [3.05, 3.63) is 58.6 Å². The molecule has 21 heavy (non-hydrogen) atoms. The largest absolute Gasteiger partial charge is 0.279 e. The van der Waals surface area contributed by atoms with Crippen molar-refractivity contribution < 1.29 is 8.42 Å². The Morgan fingerprint density at radius 3 is 2.52 bits per heavy atom. The Morgan fingerprint density at radius 1 is 1.14 bits per heavy atom. The number of hydrogen-bond acceptors (Lipinski definition) is 2. The highest BCUT2D eigenvalue weighted by Gasteiger charge is 2.17. The van der Waals surface area contributed by atoms with Gasteiger partial charge in [-0.15, -0.1) is 0 Å². The van der Waals surface area contributed by atoms with Gasteiger partial charge in [0.25, 0.3) is 10.0 Å². The van der Waals surface area contributed by atoms with Crippen LogP contribution in [0.1, 0.15) is 31.7 Å². The molecule has 1 unspecified atom stereocenters. The predicted molar refractivity (Wildman–Crippen MR) is 90.1 cm³/mol. The number of nitrogens with one attached hydrogen (secondary N) is 1. The molecule has 0 aliphatic heterocycles. The van der Waals surface area contributed by atoms with Gasteiger partial charge in [-0.3, -0.25) is 4.72 Å². The summed E-state index contributed by atoms with van der Waals surface area (Å²) < 4.78 is 28.4. The fraction of sp³-hybridized carbons (Fsp3) is 0.250. The topological polar surface area (TPSA) is 46.2 Å². The van der Waals surface area contributed by atoms with Gasteiger partial charge in [0, 0.05) is 4.47 Å². The maximum Gasteiger partial charge on any atom is 0.261 e. The summed E-state index contributed by atoms with van der Waals surface area (Å²) in [6.45, 7) is 4.18. The molecule has 0 aromatic heterocycles. The van der Waals surface area contributed by atoms with E-state index in [9.17, 15) is 8.42 Å². The SMILES string of the molecule is CCC(C)c1ccccc1NS(=O)(=O)c1cccc(Br)c1. The lowest BCUT2D eigenvalue weighted by Crippen LogP contribution is -2.14. The minimum Gasteiger partial charge on any atom is -0.279 e. The zero-order valence-electron chi connectivity index (χ0n) is 12.0. The van der Waals surface area contributed by atoms with Gasteiger partial charge < -0.3 is 0 Å². The van der Waals surface area contributed by atoms with Gasteiger partial charge in [0.15, 0.2) is 0 Å². The molecule has 0 fully saturated rings. The number of benzene rings is 2. The van der Waals surface area contributed by atoms with Crippen LogP contribution in [-0.2, 0) is 10.0 Å². The molecule has 1 N–H and O–H groups in total. The van der Waals surface area contributed by atoms with Crippen molar-refractivity contribution in [2.24, 2.45) is 0 Å². The molecule has 0 saturated heterocycles. The zero-order chi connectivity index (χ0) is 15.5. The molecule has 0 aliphatic carbocycles. The van der Waals surface area contributed by atoms with Crippen molar-refractivity contribution >= 4 is 31.6 Å². The number of anilines is 1. The third-order valence-corrected chi connectivity index (χ3v) is 5.31. The van der Waals surface area contributed by atoms with E-state index in [1.54, 1.807) is 30.3 Å². The van der Waals surface area contributed by atoms with E-state index in [0.717, 1.165) is 16.5 Å². The van der Waals surface area contributed by atoms with Crippen molar-refractivity contribution in [3.63, 3.8) is 0 Å². The fourth-order valence-corrected chi connectivity index (χ4v) is 3.76. The van der Waals surface area contributed by atoms with Crippen molar-refractivity contribution in [1.82, 2.24) is 0 Å². The van der Waals surface area contributed by atoms with Gasteiger partial charge in [0.05, 0.1) is 10.6 Å². The Labute approximate surface area is 134 Å². The summed E-state index contributed by atoms with van der Waals surface area (Å²) in [5.74, 6) is 0.298. The lowest BCUT2D eigenvalue weighted by atomic mass is 9.97. The van der Waals surface area contributed by atoms with Crippen LogP contribution in [0.5, 0.6) is 0 Å². The van der Waals surface area contributed by atoms with Crippen LogP contribution in [0.25, 0.3) is 0 Å². The molecule has 2 rings (SSSR count). The summed E-state index contributed by atoms with van der Waals surface area (Å²) in [5.41, 5.74) is 1.66. The second-order valence-corrected chi connectivity index (χ2v) is 7.56. The van der Waals surface area contributed by atoms with Crippen LogP contribution < -0.4 is 4.72 Å². The Balaban J connectivity index is 2.38. The minimum absolute atomic E-state index is 0.246. The summed E-state index contributed by atoms with van der Waals surface area (Å²) in [6, 6.07) is 14.2. The molecule has 0 spiro atoms. The Hall–Kier alpha value is -1.33. The quantitative estimate of drug-likeness (QED) is 0.827. The summed E-state index contributed by atoms with van der Waals surface area (Å²) >= 11 is 3.30. The van der Waals surface area contributed by atoms with Gasteiger partial charge in [-0.05, 0) is 42.2 Å². The third kappa shape index (κ3) is 3.86. The van der Waals surface area contributed by atoms with Crippen LogP contribution >= 0.6 is 15.9 Å². The molecule has 112 valence electrons. The second-order valence-electron chi connectivity index (χ2n) is 4.96. The first-order chi connectivity index (χ1) is 9.94. The normalized spacial score (nSPS) is 12.9. The Kier molecular flexibility index (Phi) is 5.06. The predicted octanol–water partition coefficient (Wildman–Crippen LogP) is 4.76. The van der Waals surface area contributed by atoms with E-state index in [0.29, 0.717) is 11.6 Å². The average Bonchev–Trinajstić information content (AvgIpc) is 2.46. The molecule has 0 bridgehead atoms. The average molecular weight is 368 g/mol. The van der Waals surface area contributed by atoms with Gasteiger partial charge >= 0.3 is 0 Å².